The molecule has 36 heavy (non-hydrogen) atoms. The van der Waals surface area contributed by atoms with Crippen LogP contribution in [0.3, 0.4) is 0 Å². The number of halogens is 2. The predicted molar refractivity (Wildman–Crippen MR) is 149 cm³/mol. The van der Waals surface area contributed by atoms with Gasteiger partial charge in [-0.3, -0.25) is 0 Å². The molecule has 3 aromatic rings. The first-order chi connectivity index (χ1) is 17.6. The Balaban J connectivity index is 1.23. The lowest BCUT2D eigenvalue weighted by molar-refractivity contribution is 0.410. The van der Waals surface area contributed by atoms with Crippen LogP contribution in [0.4, 0.5) is 17.5 Å². The number of rotatable bonds is 10. The SMILES string of the molecule is NC1CCC(Nc2nc(NCCCCNc3ccc(Cl)c(Cl)c3)c3ncn(C4CCCC4)c3n2)CC1. The fourth-order valence-electron chi connectivity index (χ4n) is 5.30. The zero-order valence-corrected chi connectivity index (χ0v) is 22.2. The topological polar surface area (TPSA) is 106 Å². The number of nitrogens with two attached hydrogens (primary N) is 1. The number of benzene rings is 1. The van der Waals surface area contributed by atoms with Crippen LogP contribution in [-0.2, 0) is 0 Å². The van der Waals surface area contributed by atoms with Crippen LogP contribution in [0, 0.1) is 0 Å². The van der Waals surface area contributed by atoms with Gasteiger partial charge in [-0.25, -0.2) is 4.98 Å². The van der Waals surface area contributed by atoms with E-state index in [4.69, 9.17) is 43.9 Å². The Morgan fingerprint density at radius 1 is 0.917 bits per heavy atom. The molecule has 5 N–H and O–H groups in total. The highest BCUT2D eigenvalue weighted by molar-refractivity contribution is 6.42. The van der Waals surface area contributed by atoms with Gasteiger partial charge in [0.25, 0.3) is 0 Å². The summed E-state index contributed by atoms with van der Waals surface area (Å²) in [6.45, 7) is 1.66. The third-order valence-electron chi connectivity index (χ3n) is 7.39. The quantitative estimate of drug-likeness (QED) is 0.230. The normalized spacial score (nSPS) is 20.6. The number of hydrogen-bond acceptors (Lipinski definition) is 7. The molecule has 0 aliphatic heterocycles. The number of anilines is 3. The third kappa shape index (κ3) is 6.15. The second kappa shape index (κ2) is 11.8. The van der Waals surface area contributed by atoms with Crippen molar-refractivity contribution in [2.45, 2.75) is 82.3 Å². The Morgan fingerprint density at radius 3 is 2.42 bits per heavy atom. The fraction of sp³-hybridized carbons (Fsp3) is 0.577. The van der Waals surface area contributed by atoms with Crippen LogP contribution in [0.5, 0.6) is 0 Å². The summed E-state index contributed by atoms with van der Waals surface area (Å²) in [5, 5.41) is 11.7. The molecule has 0 bridgehead atoms. The molecule has 0 unspecified atom stereocenters. The van der Waals surface area contributed by atoms with Crippen molar-refractivity contribution in [3.63, 3.8) is 0 Å². The van der Waals surface area contributed by atoms with Crippen molar-refractivity contribution in [2.75, 3.05) is 29.0 Å². The van der Waals surface area contributed by atoms with E-state index >= 15 is 0 Å². The Bertz CT molecular complexity index is 1150. The Hall–Kier alpha value is -2.29. The van der Waals surface area contributed by atoms with Gasteiger partial charge in [0.2, 0.25) is 5.95 Å². The first kappa shape index (κ1) is 25.4. The van der Waals surface area contributed by atoms with Gasteiger partial charge in [0.1, 0.15) is 0 Å². The molecule has 1 aromatic carbocycles. The molecule has 0 atom stereocenters. The Morgan fingerprint density at radius 2 is 1.67 bits per heavy atom. The highest BCUT2D eigenvalue weighted by Crippen LogP contribution is 2.33. The molecule has 0 amide bonds. The highest BCUT2D eigenvalue weighted by Gasteiger charge is 2.23. The summed E-state index contributed by atoms with van der Waals surface area (Å²) in [4.78, 5) is 14.5. The standard InChI is InChI=1S/C26H36Cl2N8/c27-21-12-11-19(15-22(21)28)30-13-3-4-14-31-24-23-25(36(16-32-23)20-5-1-2-6-20)35-26(34-24)33-18-9-7-17(29)8-10-18/h11-12,15-18,20,30H,1-10,13-14,29H2,(H2,31,33,34,35). The van der Waals surface area contributed by atoms with Gasteiger partial charge in [0, 0.05) is 36.9 Å². The number of nitrogens with zero attached hydrogens (tertiary/aromatic N) is 4. The lowest BCUT2D eigenvalue weighted by Gasteiger charge is -2.27. The second-order valence-electron chi connectivity index (χ2n) is 10.1. The van der Waals surface area contributed by atoms with E-state index < -0.39 is 0 Å². The van der Waals surface area contributed by atoms with Crippen LogP contribution in [0.2, 0.25) is 10.0 Å². The zero-order chi connectivity index (χ0) is 24.9. The van der Waals surface area contributed by atoms with E-state index in [2.05, 4.69) is 20.5 Å². The van der Waals surface area contributed by atoms with Crippen molar-refractivity contribution >= 4 is 51.8 Å². The van der Waals surface area contributed by atoms with E-state index in [1.54, 1.807) is 0 Å². The van der Waals surface area contributed by atoms with Crippen LogP contribution >= 0.6 is 23.2 Å². The number of nitrogens with one attached hydrogen (secondary N) is 3. The number of aromatic nitrogens is 4. The van der Waals surface area contributed by atoms with Gasteiger partial charge in [0.15, 0.2) is 17.0 Å². The molecule has 10 heteroatoms. The molecule has 0 saturated heterocycles. The first-order valence-corrected chi connectivity index (χ1v) is 14.0. The molecule has 8 nitrogen and oxygen atoms in total. The van der Waals surface area contributed by atoms with Crippen molar-refractivity contribution in [1.82, 2.24) is 19.5 Å². The lowest BCUT2D eigenvalue weighted by Crippen LogP contribution is -2.33. The minimum absolute atomic E-state index is 0.318. The van der Waals surface area contributed by atoms with E-state index in [0.29, 0.717) is 34.1 Å². The van der Waals surface area contributed by atoms with Gasteiger partial charge in [-0.15, -0.1) is 0 Å². The molecule has 194 valence electrons. The van der Waals surface area contributed by atoms with Crippen LogP contribution in [-0.4, -0.2) is 44.7 Å². The van der Waals surface area contributed by atoms with Crippen LogP contribution in [0.1, 0.15) is 70.3 Å². The molecule has 2 saturated carbocycles. The number of hydrogen-bond donors (Lipinski definition) is 4. The smallest absolute Gasteiger partial charge is 0.227 e. The van der Waals surface area contributed by atoms with Gasteiger partial charge in [-0.2, -0.15) is 9.97 Å². The van der Waals surface area contributed by atoms with Gasteiger partial charge in [-0.1, -0.05) is 36.0 Å². The molecule has 5 rings (SSSR count). The maximum absolute atomic E-state index is 6.10. The summed E-state index contributed by atoms with van der Waals surface area (Å²) in [6.07, 6.45) is 13.1. The minimum atomic E-state index is 0.318. The maximum Gasteiger partial charge on any atom is 0.227 e. The summed E-state index contributed by atoms with van der Waals surface area (Å²) in [5.74, 6) is 1.50. The number of fused-ring (bicyclic) bond motifs is 1. The molecule has 2 fully saturated rings. The fourth-order valence-corrected chi connectivity index (χ4v) is 5.59. The molecule has 2 aliphatic carbocycles. The lowest BCUT2D eigenvalue weighted by atomic mass is 9.92. The van der Waals surface area contributed by atoms with Gasteiger partial charge in [-0.05, 0) is 69.6 Å². The monoisotopic (exact) mass is 530 g/mol. The molecule has 2 aromatic heterocycles. The van der Waals surface area contributed by atoms with Crippen molar-refractivity contribution < 1.29 is 0 Å². The average molecular weight is 532 g/mol. The zero-order valence-electron chi connectivity index (χ0n) is 20.6. The van der Waals surface area contributed by atoms with Crippen LogP contribution in [0.15, 0.2) is 24.5 Å². The van der Waals surface area contributed by atoms with Crippen molar-refractivity contribution in [2.24, 2.45) is 5.73 Å². The van der Waals surface area contributed by atoms with Crippen molar-refractivity contribution in [3.8, 4) is 0 Å². The predicted octanol–water partition coefficient (Wildman–Crippen LogP) is 6.23. The van der Waals surface area contributed by atoms with E-state index in [0.717, 1.165) is 74.3 Å². The third-order valence-corrected chi connectivity index (χ3v) is 8.13. The molecular weight excluding hydrogens is 495 g/mol. The summed E-state index contributed by atoms with van der Waals surface area (Å²) >= 11 is 12.1. The Labute approximate surface area is 222 Å². The number of unbranched alkanes of at least 4 members (excludes halogenated alkanes) is 1. The average Bonchev–Trinajstić information content (AvgIpc) is 3.55. The van der Waals surface area contributed by atoms with Gasteiger partial charge >= 0.3 is 0 Å². The number of imidazole rings is 1. The van der Waals surface area contributed by atoms with E-state index in [9.17, 15) is 0 Å². The molecule has 0 radical (unpaired) electrons. The second-order valence-corrected chi connectivity index (χ2v) is 10.9. The van der Waals surface area contributed by atoms with E-state index in [1.165, 1.54) is 25.7 Å². The molecular formula is C26H36Cl2N8. The van der Waals surface area contributed by atoms with E-state index in [1.807, 2.05) is 24.5 Å². The summed E-state index contributed by atoms with van der Waals surface area (Å²) < 4.78 is 2.26. The molecule has 2 heterocycles. The van der Waals surface area contributed by atoms with Gasteiger partial charge in [0.05, 0.1) is 16.4 Å². The van der Waals surface area contributed by atoms with Crippen molar-refractivity contribution in [3.05, 3.63) is 34.6 Å². The highest BCUT2D eigenvalue weighted by atomic mass is 35.5. The van der Waals surface area contributed by atoms with Gasteiger partial charge < -0.3 is 26.3 Å². The summed E-state index contributed by atoms with van der Waals surface area (Å²) in [5.41, 5.74) is 8.86. The molecule has 0 spiro atoms. The Kier molecular flexibility index (Phi) is 8.34. The van der Waals surface area contributed by atoms with Crippen LogP contribution in [0.25, 0.3) is 11.2 Å². The minimum Gasteiger partial charge on any atom is -0.385 e. The van der Waals surface area contributed by atoms with E-state index in [-0.39, 0.29) is 0 Å². The van der Waals surface area contributed by atoms with Crippen LogP contribution < -0.4 is 21.7 Å². The summed E-state index contributed by atoms with van der Waals surface area (Å²) in [6, 6.07) is 6.77. The van der Waals surface area contributed by atoms with Crippen molar-refractivity contribution in [1.29, 1.82) is 0 Å². The largest absolute Gasteiger partial charge is 0.385 e. The first-order valence-electron chi connectivity index (χ1n) is 13.3. The maximum atomic E-state index is 6.10. The summed E-state index contributed by atoms with van der Waals surface area (Å²) in [7, 11) is 0. The molecule has 2 aliphatic rings.